The van der Waals surface area contributed by atoms with Gasteiger partial charge in [-0.15, -0.1) is 0 Å². The van der Waals surface area contributed by atoms with E-state index in [0.717, 1.165) is 93.9 Å². The van der Waals surface area contributed by atoms with E-state index in [1.807, 2.05) is 54.6 Å². The van der Waals surface area contributed by atoms with E-state index < -0.39 is 0 Å². The Morgan fingerprint density at radius 1 is 0.268 bits per heavy atom. The average Bonchev–Trinajstić information content (AvgIpc) is 3.85. The van der Waals surface area contributed by atoms with Gasteiger partial charge in [-0.05, 0) is 75.8 Å². The van der Waals surface area contributed by atoms with E-state index in [2.05, 4.69) is 133 Å². The fraction of sp³-hybridized carbons (Fsp3) is 0. The zero-order valence-electron chi connectivity index (χ0n) is 30.1. The van der Waals surface area contributed by atoms with Gasteiger partial charge in [-0.2, -0.15) is 0 Å². The Hall–Kier alpha value is -7.63. The summed E-state index contributed by atoms with van der Waals surface area (Å²) < 4.78 is 12.5. The zero-order valence-corrected chi connectivity index (χ0v) is 30.1. The SMILES string of the molecule is c1ccc(-c2ccc(-c3nc(-c4cccc(-c5cccc(-c6ccc7c(c6)oc6ccccc67)c5)c4)nc(-c4cccc5oc6ccccc6c45)n3)cc2)cc1. The number of fused-ring (bicyclic) bond motifs is 6. The Kier molecular flexibility index (Phi) is 7.42. The highest BCUT2D eigenvalue weighted by Gasteiger charge is 2.18. The van der Waals surface area contributed by atoms with Crippen molar-refractivity contribution in [2.45, 2.75) is 0 Å². The minimum Gasteiger partial charge on any atom is -0.456 e. The maximum absolute atomic E-state index is 6.26. The molecule has 3 aromatic heterocycles. The predicted octanol–water partition coefficient (Wildman–Crippen LogP) is 13.7. The van der Waals surface area contributed by atoms with Crippen molar-refractivity contribution in [2.75, 3.05) is 0 Å². The summed E-state index contributed by atoms with van der Waals surface area (Å²) in [6, 6.07) is 64.7. The highest BCUT2D eigenvalue weighted by molar-refractivity contribution is 6.12. The van der Waals surface area contributed by atoms with Crippen molar-refractivity contribution in [3.8, 4) is 67.5 Å². The van der Waals surface area contributed by atoms with E-state index in [0.29, 0.717) is 17.5 Å². The second kappa shape index (κ2) is 13.0. The summed E-state index contributed by atoms with van der Waals surface area (Å²) >= 11 is 0. The summed E-state index contributed by atoms with van der Waals surface area (Å²) in [4.78, 5) is 15.4. The first-order valence-electron chi connectivity index (χ1n) is 18.7. The molecule has 0 N–H and O–H groups in total. The van der Waals surface area contributed by atoms with Gasteiger partial charge in [-0.1, -0.05) is 146 Å². The van der Waals surface area contributed by atoms with Gasteiger partial charge < -0.3 is 8.83 Å². The summed E-state index contributed by atoms with van der Waals surface area (Å²) in [5.41, 5.74) is 12.7. The van der Waals surface area contributed by atoms with Crippen LogP contribution in [0.1, 0.15) is 0 Å². The van der Waals surface area contributed by atoms with Crippen LogP contribution in [-0.2, 0) is 0 Å². The molecule has 0 amide bonds. The zero-order chi connectivity index (χ0) is 37.0. The first-order valence-corrected chi connectivity index (χ1v) is 18.7. The van der Waals surface area contributed by atoms with E-state index >= 15 is 0 Å². The van der Waals surface area contributed by atoms with Gasteiger partial charge >= 0.3 is 0 Å². The van der Waals surface area contributed by atoms with Gasteiger partial charge in [-0.3, -0.25) is 0 Å². The lowest BCUT2D eigenvalue weighted by Gasteiger charge is -2.11. The summed E-state index contributed by atoms with van der Waals surface area (Å²) in [6.07, 6.45) is 0. The van der Waals surface area contributed by atoms with Crippen molar-refractivity contribution < 1.29 is 8.83 Å². The van der Waals surface area contributed by atoms with E-state index in [4.69, 9.17) is 23.8 Å². The van der Waals surface area contributed by atoms with Crippen LogP contribution in [0.2, 0.25) is 0 Å². The van der Waals surface area contributed by atoms with Gasteiger partial charge in [-0.25, -0.2) is 15.0 Å². The molecule has 0 unspecified atom stereocenters. The molecule has 3 heterocycles. The molecule has 8 aromatic carbocycles. The number of rotatable bonds is 6. The molecule has 0 aliphatic heterocycles. The Morgan fingerprint density at radius 2 is 0.732 bits per heavy atom. The fourth-order valence-electron chi connectivity index (χ4n) is 7.78. The second-order valence-electron chi connectivity index (χ2n) is 14.0. The molecule has 0 fully saturated rings. The molecule has 0 saturated heterocycles. The topological polar surface area (TPSA) is 65.0 Å². The summed E-state index contributed by atoms with van der Waals surface area (Å²) in [5.74, 6) is 1.78. The number of aromatic nitrogens is 3. The average molecular weight is 718 g/mol. The maximum atomic E-state index is 6.26. The molecule has 0 bridgehead atoms. The largest absolute Gasteiger partial charge is 0.456 e. The summed E-state index contributed by atoms with van der Waals surface area (Å²) in [7, 11) is 0. The highest BCUT2D eigenvalue weighted by Crippen LogP contribution is 2.38. The van der Waals surface area contributed by atoms with Crippen LogP contribution in [-0.4, -0.2) is 15.0 Å². The smallest absolute Gasteiger partial charge is 0.164 e. The molecular formula is C51H31N3O2. The van der Waals surface area contributed by atoms with E-state index in [9.17, 15) is 0 Å². The molecule has 5 heteroatoms. The molecule has 0 spiro atoms. The lowest BCUT2D eigenvalue weighted by molar-refractivity contribution is 0.668. The Bertz CT molecular complexity index is 3250. The standard InChI is InChI=1S/C51H31N3O2/c1-2-11-32(12-3-1)33-23-25-34(26-24-33)49-52-50(54-51(53-49)43-19-10-22-46-48(43)42-18-5-7-21-45(42)55-46)39-16-9-15-37(30-39)35-13-8-14-36(29-35)38-27-28-41-40-17-4-6-20-44(40)56-47(41)31-38/h1-31H. The molecule has 262 valence electrons. The van der Waals surface area contributed by atoms with E-state index in [1.165, 1.54) is 0 Å². The van der Waals surface area contributed by atoms with Crippen molar-refractivity contribution in [3.05, 3.63) is 188 Å². The third-order valence-electron chi connectivity index (χ3n) is 10.6. The first-order chi connectivity index (χ1) is 27.7. The molecule has 56 heavy (non-hydrogen) atoms. The molecule has 5 nitrogen and oxygen atoms in total. The Labute approximate surface area is 322 Å². The third-order valence-corrected chi connectivity index (χ3v) is 10.6. The molecule has 11 rings (SSSR count). The Morgan fingerprint density at radius 3 is 1.50 bits per heavy atom. The molecule has 0 aliphatic rings. The number of nitrogens with zero attached hydrogens (tertiary/aromatic N) is 3. The van der Waals surface area contributed by atoms with Crippen LogP contribution >= 0.6 is 0 Å². The lowest BCUT2D eigenvalue weighted by atomic mass is 9.97. The number of para-hydroxylation sites is 2. The highest BCUT2D eigenvalue weighted by atomic mass is 16.3. The van der Waals surface area contributed by atoms with Crippen molar-refractivity contribution in [3.63, 3.8) is 0 Å². The van der Waals surface area contributed by atoms with Gasteiger partial charge in [0.25, 0.3) is 0 Å². The predicted molar refractivity (Wildman–Crippen MR) is 227 cm³/mol. The van der Waals surface area contributed by atoms with Crippen LogP contribution in [0.25, 0.3) is 111 Å². The third kappa shape index (κ3) is 5.53. The van der Waals surface area contributed by atoms with Gasteiger partial charge in [0.15, 0.2) is 17.5 Å². The van der Waals surface area contributed by atoms with Gasteiger partial charge in [0.05, 0.1) is 0 Å². The van der Waals surface area contributed by atoms with Crippen LogP contribution in [0.15, 0.2) is 197 Å². The van der Waals surface area contributed by atoms with Crippen LogP contribution in [0.5, 0.6) is 0 Å². The molecule has 0 radical (unpaired) electrons. The Balaban J connectivity index is 1.02. The van der Waals surface area contributed by atoms with Crippen LogP contribution in [0.4, 0.5) is 0 Å². The molecule has 0 atom stereocenters. The monoisotopic (exact) mass is 717 g/mol. The minimum absolute atomic E-state index is 0.586. The van der Waals surface area contributed by atoms with E-state index in [-0.39, 0.29) is 0 Å². The minimum atomic E-state index is 0.586. The molecule has 0 saturated carbocycles. The van der Waals surface area contributed by atoms with Crippen molar-refractivity contribution in [1.82, 2.24) is 15.0 Å². The normalized spacial score (nSPS) is 11.6. The second-order valence-corrected chi connectivity index (χ2v) is 14.0. The van der Waals surface area contributed by atoms with Gasteiger partial charge in [0, 0.05) is 38.2 Å². The fourth-order valence-corrected chi connectivity index (χ4v) is 7.78. The van der Waals surface area contributed by atoms with Crippen LogP contribution in [0, 0.1) is 0 Å². The number of furan rings is 2. The van der Waals surface area contributed by atoms with Crippen molar-refractivity contribution in [1.29, 1.82) is 0 Å². The molecule has 11 aromatic rings. The van der Waals surface area contributed by atoms with Crippen molar-refractivity contribution >= 4 is 43.9 Å². The van der Waals surface area contributed by atoms with Crippen LogP contribution < -0.4 is 0 Å². The first kappa shape index (κ1) is 31.9. The maximum Gasteiger partial charge on any atom is 0.164 e. The summed E-state index contributed by atoms with van der Waals surface area (Å²) in [5, 5.41) is 4.25. The van der Waals surface area contributed by atoms with Gasteiger partial charge in [0.2, 0.25) is 0 Å². The quantitative estimate of drug-likeness (QED) is 0.171. The summed E-state index contributed by atoms with van der Waals surface area (Å²) in [6.45, 7) is 0. The lowest BCUT2D eigenvalue weighted by Crippen LogP contribution is -2.00. The van der Waals surface area contributed by atoms with Crippen LogP contribution in [0.3, 0.4) is 0 Å². The number of hydrogen-bond acceptors (Lipinski definition) is 5. The molecular weight excluding hydrogens is 687 g/mol. The number of hydrogen-bond donors (Lipinski definition) is 0. The molecule has 0 aliphatic carbocycles. The van der Waals surface area contributed by atoms with Crippen molar-refractivity contribution in [2.24, 2.45) is 0 Å². The van der Waals surface area contributed by atoms with E-state index in [1.54, 1.807) is 0 Å². The van der Waals surface area contributed by atoms with Gasteiger partial charge in [0.1, 0.15) is 22.3 Å². The number of benzene rings is 8.